The summed E-state index contributed by atoms with van der Waals surface area (Å²) in [7, 11) is 0. The molecule has 1 atom stereocenters. The van der Waals surface area contributed by atoms with Crippen molar-refractivity contribution in [2.24, 2.45) is 0 Å². The first-order valence-corrected chi connectivity index (χ1v) is 6.55. The van der Waals surface area contributed by atoms with E-state index in [0.717, 1.165) is 28.3 Å². The zero-order valence-corrected chi connectivity index (χ0v) is 11.5. The number of hydrogen-bond acceptors (Lipinski definition) is 4. The summed E-state index contributed by atoms with van der Waals surface area (Å²) in [6, 6.07) is 4.11. The summed E-state index contributed by atoms with van der Waals surface area (Å²) in [5.74, 6) is 1.70. The molecule has 0 aromatic carbocycles. The van der Waals surface area contributed by atoms with Crippen LogP contribution in [0, 0.1) is 6.92 Å². The van der Waals surface area contributed by atoms with Crippen molar-refractivity contribution < 1.29 is 4.42 Å². The fourth-order valence-corrected chi connectivity index (χ4v) is 2.11. The number of hydrogen-bond donors (Lipinski definition) is 3. The van der Waals surface area contributed by atoms with Crippen LogP contribution in [-0.2, 0) is 6.54 Å². The smallest absolute Gasteiger partial charge is 0.152 e. The first kappa shape index (κ1) is 12.7. The zero-order chi connectivity index (χ0) is 13.9. The summed E-state index contributed by atoms with van der Waals surface area (Å²) in [5, 5.41) is 17.3. The molecule has 0 saturated heterocycles. The van der Waals surface area contributed by atoms with E-state index in [0.29, 0.717) is 6.54 Å². The van der Waals surface area contributed by atoms with E-state index in [1.165, 1.54) is 0 Å². The Morgan fingerprint density at radius 1 is 1.30 bits per heavy atom. The number of aromatic nitrogens is 4. The molecule has 3 aromatic rings. The van der Waals surface area contributed by atoms with E-state index in [1.807, 2.05) is 37.6 Å². The highest BCUT2D eigenvalue weighted by Gasteiger charge is 2.12. The van der Waals surface area contributed by atoms with Crippen LogP contribution in [0.5, 0.6) is 0 Å². The van der Waals surface area contributed by atoms with Crippen LogP contribution in [0.1, 0.15) is 29.9 Å². The van der Waals surface area contributed by atoms with Crippen LogP contribution >= 0.6 is 0 Å². The Morgan fingerprint density at radius 2 is 2.20 bits per heavy atom. The number of nitrogens with zero attached hydrogens (tertiary/aromatic N) is 2. The molecular weight excluding hydrogens is 254 g/mol. The van der Waals surface area contributed by atoms with Crippen LogP contribution in [0.2, 0.25) is 0 Å². The van der Waals surface area contributed by atoms with Crippen molar-refractivity contribution in [1.29, 1.82) is 0 Å². The largest absolute Gasteiger partial charge is 0.460 e. The van der Waals surface area contributed by atoms with E-state index in [2.05, 4.69) is 32.6 Å². The molecule has 3 heterocycles. The topological polar surface area (TPSA) is 82.5 Å². The predicted octanol–water partition coefficient (Wildman–Crippen LogP) is 2.55. The number of furan rings is 1. The van der Waals surface area contributed by atoms with E-state index in [1.54, 1.807) is 0 Å². The summed E-state index contributed by atoms with van der Waals surface area (Å²) in [4.78, 5) is 0. The summed E-state index contributed by atoms with van der Waals surface area (Å²) >= 11 is 0. The van der Waals surface area contributed by atoms with Crippen molar-refractivity contribution in [2.45, 2.75) is 26.4 Å². The first-order chi connectivity index (χ1) is 9.74. The van der Waals surface area contributed by atoms with Crippen LogP contribution in [0.15, 0.2) is 35.1 Å². The van der Waals surface area contributed by atoms with Crippen molar-refractivity contribution in [1.82, 2.24) is 25.7 Å². The quantitative estimate of drug-likeness (QED) is 0.666. The van der Waals surface area contributed by atoms with Crippen LogP contribution < -0.4 is 5.32 Å². The average Bonchev–Trinajstić information content (AvgIpc) is 3.16. The summed E-state index contributed by atoms with van der Waals surface area (Å²) in [5.41, 5.74) is 3.13. The van der Waals surface area contributed by atoms with Crippen LogP contribution in [0.25, 0.3) is 11.5 Å². The Kier molecular flexibility index (Phi) is 3.39. The van der Waals surface area contributed by atoms with Gasteiger partial charge in [-0.25, -0.2) is 0 Å². The number of aromatic amines is 2. The van der Waals surface area contributed by atoms with Gasteiger partial charge in [0, 0.05) is 29.9 Å². The van der Waals surface area contributed by atoms with E-state index in [9.17, 15) is 0 Å². The van der Waals surface area contributed by atoms with Gasteiger partial charge >= 0.3 is 0 Å². The fraction of sp³-hybridized carbons (Fsp3) is 0.286. The third-order valence-corrected chi connectivity index (χ3v) is 3.32. The van der Waals surface area contributed by atoms with Crippen molar-refractivity contribution >= 4 is 0 Å². The second kappa shape index (κ2) is 5.34. The number of aryl methyl sites for hydroxylation is 1. The molecule has 0 aliphatic heterocycles. The van der Waals surface area contributed by atoms with Gasteiger partial charge in [0.15, 0.2) is 5.76 Å². The molecule has 0 amide bonds. The Balaban J connectivity index is 1.71. The lowest BCUT2D eigenvalue weighted by Gasteiger charge is -2.11. The van der Waals surface area contributed by atoms with Crippen LogP contribution in [0.3, 0.4) is 0 Å². The minimum absolute atomic E-state index is 0.217. The minimum Gasteiger partial charge on any atom is -0.460 e. The molecule has 20 heavy (non-hydrogen) atoms. The van der Waals surface area contributed by atoms with Gasteiger partial charge < -0.3 is 9.73 Å². The van der Waals surface area contributed by atoms with Gasteiger partial charge in [-0.1, -0.05) is 0 Å². The highest BCUT2D eigenvalue weighted by molar-refractivity contribution is 5.56. The van der Waals surface area contributed by atoms with Gasteiger partial charge in [-0.3, -0.25) is 10.2 Å². The maximum Gasteiger partial charge on any atom is 0.152 e. The van der Waals surface area contributed by atoms with Crippen molar-refractivity contribution in [3.63, 3.8) is 0 Å². The van der Waals surface area contributed by atoms with Crippen LogP contribution in [0.4, 0.5) is 0 Å². The lowest BCUT2D eigenvalue weighted by Crippen LogP contribution is -2.17. The summed E-state index contributed by atoms with van der Waals surface area (Å²) in [6.45, 7) is 4.73. The van der Waals surface area contributed by atoms with Crippen molar-refractivity contribution in [3.05, 3.63) is 47.6 Å². The van der Waals surface area contributed by atoms with E-state index < -0.39 is 0 Å². The summed E-state index contributed by atoms with van der Waals surface area (Å²) < 4.78 is 5.63. The molecular formula is C14H17N5O. The second-order valence-electron chi connectivity index (χ2n) is 4.81. The Morgan fingerprint density at radius 3 is 2.90 bits per heavy atom. The highest BCUT2D eigenvalue weighted by Crippen LogP contribution is 2.23. The molecule has 6 heteroatoms. The Labute approximate surface area is 116 Å². The SMILES string of the molecule is Cc1ccc(-c2[nH]ncc2CNC(C)c2cn[nH]c2)o1. The molecule has 3 aromatic heterocycles. The van der Waals surface area contributed by atoms with Gasteiger partial charge in [0.25, 0.3) is 0 Å². The van der Waals surface area contributed by atoms with Gasteiger partial charge in [-0.05, 0) is 26.0 Å². The average molecular weight is 271 g/mol. The maximum atomic E-state index is 5.63. The molecule has 0 radical (unpaired) electrons. The van der Waals surface area contributed by atoms with Gasteiger partial charge in [0.2, 0.25) is 0 Å². The molecule has 104 valence electrons. The Hall–Kier alpha value is -2.34. The van der Waals surface area contributed by atoms with Gasteiger partial charge in [0.05, 0.1) is 12.4 Å². The first-order valence-electron chi connectivity index (χ1n) is 6.55. The standard InChI is InChI=1S/C14H17N5O/c1-9-3-4-13(20-9)14-12(8-18-19-14)5-15-10(2)11-6-16-17-7-11/h3-4,6-8,10,15H,5H2,1-2H3,(H,16,17)(H,18,19). The molecule has 1 unspecified atom stereocenters. The molecule has 3 N–H and O–H groups in total. The normalized spacial score (nSPS) is 12.7. The van der Waals surface area contributed by atoms with E-state index in [-0.39, 0.29) is 6.04 Å². The molecule has 0 aliphatic rings. The number of rotatable bonds is 5. The number of nitrogens with one attached hydrogen (secondary N) is 3. The third kappa shape index (κ3) is 2.50. The van der Waals surface area contributed by atoms with Gasteiger partial charge in [0.1, 0.15) is 11.5 Å². The number of H-pyrrole nitrogens is 2. The second-order valence-corrected chi connectivity index (χ2v) is 4.81. The predicted molar refractivity (Wildman–Crippen MR) is 74.9 cm³/mol. The maximum absolute atomic E-state index is 5.63. The van der Waals surface area contributed by atoms with E-state index in [4.69, 9.17) is 4.42 Å². The lowest BCUT2D eigenvalue weighted by atomic mass is 10.1. The Bertz CT molecular complexity index is 667. The molecule has 6 nitrogen and oxygen atoms in total. The van der Waals surface area contributed by atoms with Crippen LogP contribution in [-0.4, -0.2) is 20.4 Å². The molecule has 0 spiro atoms. The molecule has 0 aliphatic carbocycles. The molecule has 0 fully saturated rings. The van der Waals surface area contributed by atoms with Crippen molar-refractivity contribution in [3.8, 4) is 11.5 Å². The molecule has 0 bridgehead atoms. The minimum atomic E-state index is 0.217. The summed E-state index contributed by atoms with van der Waals surface area (Å²) in [6.07, 6.45) is 5.54. The highest BCUT2D eigenvalue weighted by atomic mass is 16.3. The van der Waals surface area contributed by atoms with Gasteiger partial charge in [-0.2, -0.15) is 10.2 Å². The molecule has 3 rings (SSSR count). The lowest BCUT2D eigenvalue weighted by molar-refractivity contribution is 0.542. The zero-order valence-electron chi connectivity index (χ0n) is 11.5. The molecule has 0 saturated carbocycles. The fourth-order valence-electron chi connectivity index (χ4n) is 2.11. The van der Waals surface area contributed by atoms with Crippen molar-refractivity contribution in [2.75, 3.05) is 0 Å². The monoisotopic (exact) mass is 271 g/mol. The van der Waals surface area contributed by atoms with E-state index >= 15 is 0 Å². The van der Waals surface area contributed by atoms with Gasteiger partial charge in [-0.15, -0.1) is 0 Å². The third-order valence-electron chi connectivity index (χ3n) is 3.32.